The average Bonchev–Trinajstić information content (AvgIpc) is 2.64. The Hall–Kier alpha value is -2.90. The summed E-state index contributed by atoms with van der Waals surface area (Å²) in [5.74, 6) is 0.251. The molecule has 0 unspecified atom stereocenters. The third-order valence-electron chi connectivity index (χ3n) is 3.79. The molecule has 3 aromatic rings. The summed E-state index contributed by atoms with van der Waals surface area (Å²) in [7, 11) is 1.74. The van der Waals surface area contributed by atoms with Gasteiger partial charge in [-0.1, -0.05) is 53.5 Å². The summed E-state index contributed by atoms with van der Waals surface area (Å²) in [5, 5.41) is 15.4. The van der Waals surface area contributed by atoms with Gasteiger partial charge in [0.2, 0.25) is 11.6 Å². The number of anilines is 3. The van der Waals surface area contributed by atoms with Gasteiger partial charge >= 0.3 is 5.69 Å². The van der Waals surface area contributed by atoms with E-state index in [0.29, 0.717) is 22.3 Å². The van der Waals surface area contributed by atoms with E-state index in [1.165, 1.54) is 6.33 Å². The minimum Gasteiger partial charge on any atom is -0.349 e. The first kappa shape index (κ1) is 18.9. The first-order valence-corrected chi connectivity index (χ1v) is 8.68. The lowest BCUT2D eigenvalue weighted by Gasteiger charge is -2.19. The Kier molecular flexibility index (Phi) is 5.73. The van der Waals surface area contributed by atoms with Crippen LogP contribution < -0.4 is 10.2 Å². The molecule has 27 heavy (non-hydrogen) atoms. The fourth-order valence-corrected chi connectivity index (χ4v) is 3.01. The van der Waals surface area contributed by atoms with E-state index >= 15 is 0 Å². The summed E-state index contributed by atoms with van der Waals surface area (Å²) >= 11 is 12.0. The maximum absolute atomic E-state index is 11.7. The minimum atomic E-state index is -0.511. The van der Waals surface area contributed by atoms with Crippen molar-refractivity contribution in [3.05, 3.63) is 80.6 Å². The maximum Gasteiger partial charge on any atom is 0.353 e. The van der Waals surface area contributed by atoms with E-state index in [0.717, 1.165) is 5.56 Å². The number of aromatic nitrogens is 2. The highest BCUT2D eigenvalue weighted by Gasteiger charge is 2.26. The quantitative estimate of drug-likeness (QED) is 0.456. The number of hydrogen-bond acceptors (Lipinski definition) is 6. The van der Waals surface area contributed by atoms with Gasteiger partial charge in [0.1, 0.15) is 6.33 Å². The zero-order valence-electron chi connectivity index (χ0n) is 14.3. The summed E-state index contributed by atoms with van der Waals surface area (Å²) in [6.07, 6.45) is 1.27. The monoisotopic (exact) mass is 403 g/mol. The summed E-state index contributed by atoms with van der Waals surface area (Å²) in [6, 6.07) is 14.4. The molecule has 9 heteroatoms. The average molecular weight is 404 g/mol. The summed E-state index contributed by atoms with van der Waals surface area (Å²) in [6.45, 7) is 0.458. The lowest BCUT2D eigenvalue weighted by Crippen LogP contribution is -2.20. The molecule has 0 atom stereocenters. The van der Waals surface area contributed by atoms with Gasteiger partial charge in [0, 0.05) is 18.6 Å². The van der Waals surface area contributed by atoms with E-state index in [9.17, 15) is 10.1 Å². The van der Waals surface area contributed by atoms with E-state index in [2.05, 4.69) is 15.3 Å². The second-order valence-electron chi connectivity index (χ2n) is 5.74. The van der Waals surface area contributed by atoms with Crippen LogP contribution in [0.2, 0.25) is 10.0 Å². The van der Waals surface area contributed by atoms with Crippen molar-refractivity contribution in [3.63, 3.8) is 0 Å². The molecule has 2 aromatic carbocycles. The predicted octanol–water partition coefficient (Wildman–Crippen LogP) is 5.07. The first-order valence-electron chi connectivity index (χ1n) is 7.92. The van der Waals surface area contributed by atoms with Crippen LogP contribution in [0, 0.1) is 10.1 Å². The van der Waals surface area contributed by atoms with Crippen molar-refractivity contribution in [2.45, 2.75) is 6.54 Å². The van der Waals surface area contributed by atoms with Crippen molar-refractivity contribution in [1.82, 2.24) is 9.97 Å². The molecule has 0 bridgehead atoms. The second-order valence-corrected chi connectivity index (χ2v) is 6.59. The van der Waals surface area contributed by atoms with Crippen LogP contribution in [0.15, 0.2) is 54.9 Å². The predicted molar refractivity (Wildman–Crippen MR) is 107 cm³/mol. The van der Waals surface area contributed by atoms with Crippen molar-refractivity contribution in [2.75, 3.05) is 17.3 Å². The van der Waals surface area contributed by atoms with Gasteiger partial charge in [0.25, 0.3) is 0 Å². The molecule has 1 N–H and O–H groups in total. The van der Waals surface area contributed by atoms with Gasteiger partial charge in [-0.15, -0.1) is 0 Å². The molecule has 0 saturated heterocycles. The van der Waals surface area contributed by atoms with Gasteiger partial charge in [-0.25, -0.2) is 9.97 Å². The Balaban J connectivity index is 1.96. The van der Waals surface area contributed by atoms with Gasteiger partial charge in [0.05, 0.1) is 15.6 Å². The number of nitrogens with zero attached hydrogens (tertiary/aromatic N) is 4. The highest BCUT2D eigenvalue weighted by molar-refractivity contribution is 6.36. The highest BCUT2D eigenvalue weighted by Crippen LogP contribution is 2.35. The molecule has 0 saturated carbocycles. The van der Waals surface area contributed by atoms with Crippen LogP contribution in [-0.2, 0) is 6.54 Å². The molecule has 7 nitrogen and oxygen atoms in total. The Morgan fingerprint density at radius 3 is 2.56 bits per heavy atom. The fraction of sp³-hybridized carbons (Fsp3) is 0.111. The lowest BCUT2D eigenvalue weighted by molar-refractivity contribution is -0.383. The van der Waals surface area contributed by atoms with Gasteiger partial charge in [-0.2, -0.15) is 0 Å². The number of halogens is 2. The normalized spacial score (nSPS) is 10.5. The van der Waals surface area contributed by atoms with Crippen LogP contribution in [0.25, 0.3) is 0 Å². The molecule has 0 fully saturated rings. The number of benzene rings is 2. The lowest BCUT2D eigenvalue weighted by atomic mass is 10.2. The molecule has 0 amide bonds. The zero-order valence-corrected chi connectivity index (χ0v) is 15.8. The van der Waals surface area contributed by atoms with Crippen LogP contribution in [-0.4, -0.2) is 21.9 Å². The van der Waals surface area contributed by atoms with Crippen LogP contribution in [0.1, 0.15) is 5.56 Å². The van der Waals surface area contributed by atoms with Crippen LogP contribution in [0.4, 0.5) is 23.0 Å². The molecule has 0 aliphatic carbocycles. The fourth-order valence-electron chi connectivity index (χ4n) is 2.56. The largest absolute Gasteiger partial charge is 0.353 e. The molecule has 0 radical (unpaired) electrons. The minimum absolute atomic E-state index is 0.0501. The highest BCUT2D eigenvalue weighted by atomic mass is 35.5. The van der Waals surface area contributed by atoms with Crippen LogP contribution in [0.3, 0.4) is 0 Å². The molecule has 0 spiro atoms. The number of hydrogen-bond donors (Lipinski definition) is 1. The van der Waals surface area contributed by atoms with E-state index in [1.54, 1.807) is 30.1 Å². The van der Waals surface area contributed by atoms with Crippen molar-refractivity contribution in [2.24, 2.45) is 0 Å². The Morgan fingerprint density at radius 1 is 1.15 bits per heavy atom. The molecule has 1 aromatic heterocycles. The number of rotatable bonds is 6. The molecule has 3 rings (SSSR count). The summed E-state index contributed by atoms with van der Waals surface area (Å²) < 4.78 is 0. The summed E-state index contributed by atoms with van der Waals surface area (Å²) in [5.41, 5.74) is 1.23. The van der Waals surface area contributed by atoms with Crippen LogP contribution in [0.5, 0.6) is 0 Å². The third kappa shape index (κ3) is 4.45. The maximum atomic E-state index is 11.7. The third-order valence-corrected chi connectivity index (χ3v) is 4.34. The van der Waals surface area contributed by atoms with Crippen LogP contribution >= 0.6 is 23.2 Å². The van der Waals surface area contributed by atoms with Gasteiger partial charge in [0.15, 0.2) is 0 Å². The van der Waals surface area contributed by atoms with E-state index in [-0.39, 0.29) is 17.3 Å². The molecule has 138 valence electrons. The Labute approximate surface area is 165 Å². The van der Waals surface area contributed by atoms with Crippen molar-refractivity contribution in [1.29, 1.82) is 0 Å². The van der Waals surface area contributed by atoms with E-state index in [1.807, 2.05) is 30.3 Å². The SMILES string of the molecule is CN(Cc1ccccc1)c1ncnc(Nc2ccc(Cl)cc2Cl)c1[N+](=O)[O-]. The zero-order chi connectivity index (χ0) is 19.4. The van der Waals surface area contributed by atoms with Crippen molar-refractivity contribution in [3.8, 4) is 0 Å². The molecular weight excluding hydrogens is 389 g/mol. The molecule has 0 aliphatic rings. The Morgan fingerprint density at radius 2 is 1.89 bits per heavy atom. The second kappa shape index (κ2) is 8.20. The summed E-state index contributed by atoms with van der Waals surface area (Å²) in [4.78, 5) is 21.1. The molecular formula is C18H15Cl2N5O2. The van der Waals surface area contributed by atoms with E-state index in [4.69, 9.17) is 23.2 Å². The van der Waals surface area contributed by atoms with Gasteiger partial charge in [-0.3, -0.25) is 10.1 Å². The van der Waals surface area contributed by atoms with E-state index < -0.39 is 4.92 Å². The van der Waals surface area contributed by atoms with Gasteiger partial charge < -0.3 is 10.2 Å². The first-order chi connectivity index (χ1) is 13.0. The smallest absolute Gasteiger partial charge is 0.349 e. The van der Waals surface area contributed by atoms with Gasteiger partial charge in [-0.05, 0) is 23.8 Å². The molecule has 0 aliphatic heterocycles. The Bertz CT molecular complexity index is 969. The standard InChI is InChI=1S/C18H15Cl2N5O2/c1-24(10-12-5-3-2-4-6-12)18-16(25(26)27)17(21-11-22-18)23-15-8-7-13(19)9-14(15)20/h2-9,11H,10H2,1H3,(H,21,22,23). The topological polar surface area (TPSA) is 84.2 Å². The van der Waals surface area contributed by atoms with Crippen molar-refractivity contribution >= 4 is 46.2 Å². The molecule has 1 heterocycles. The number of nitrogens with one attached hydrogen (secondary N) is 1. The van der Waals surface area contributed by atoms with Crippen molar-refractivity contribution < 1.29 is 4.92 Å². The number of nitro groups is 1.